The summed E-state index contributed by atoms with van der Waals surface area (Å²) in [5.41, 5.74) is 7.25. The molecule has 0 saturated heterocycles. The summed E-state index contributed by atoms with van der Waals surface area (Å²) in [7, 11) is 0. The molecule has 0 heterocycles. The minimum Gasteiger partial charge on any atom is -0.399 e. The smallest absolute Gasteiger partial charge is 0.134 e. The van der Waals surface area contributed by atoms with Crippen molar-refractivity contribution in [3.63, 3.8) is 0 Å². The first-order valence-electron chi connectivity index (χ1n) is 3.62. The monoisotopic (exact) mass is 162 g/mol. The second kappa shape index (κ2) is 4.37. The van der Waals surface area contributed by atoms with Gasteiger partial charge in [0, 0.05) is 5.69 Å². The molecule has 3 heteroatoms. The molecule has 0 aromatic heterocycles. The summed E-state index contributed by atoms with van der Waals surface area (Å²) in [5.74, 6) is 0. The van der Waals surface area contributed by atoms with E-state index in [-0.39, 0.29) is 6.61 Å². The molecule has 2 N–H and O–H groups in total. The Balaban J connectivity index is 2.43. The number of rotatable bonds is 3. The third-order valence-corrected chi connectivity index (χ3v) is 1.42. The van der Waals surface area contributed by atoms with E-state index in [1.54, 1.807) is 0 Å². The lowest BCUT2D eigenvalue weighted by molar-refractivity contribution is 0.152. The van der Waals surface area contributed by atoms with Crippen LogP contribution in [0.3, 0.4) is 0 Å². The molecule has 1 rings (SSSR count). The number of ether oxygens (including phenoxy) is 1. The fourth-order valence-corrected chi connectivity index (χ4v) is 0.828. The number of hydrogen-bond acceptors (Lipinski definition) is 3. The summed E-state index contributed by atoms with van der Waals surface area (Å²) in [6.45, 7) is 0.595. The van der Waals surface area contributed by atoms with E-state index in [9.17, 15) is 0 Å². The third kappa shape index (κ3) is 2.60. The van der Waals surface area contributed by atoms with Crippen LogP contribution in [0.2, 0.25) is 0 Å². The van der Waals surface area contributed by atoms with E-state index in [2.05, 4.69) is 0 Å². The zero-order valence-corrected chi connectivity index (χ0v) is 6.66. The summed E-state index contributed by atoms with van der Waals surface area (Å²) in [4.78, 5) is 0. The van der Waals surface area contributed by atoms with Crippen molar-refractivity contribution in [1.82, 2.24) is 0 Å². The lowest BCUT2D eigenvalue weighted by atomic mass is 10.2. The summed E-state index contributed by atoms with van der Waals surface area (Å²) >= 11 is 0. The van der Waals surface area contributed by atoms with Crippen molar-refractivity contribution < 1.29 is 4.74 Å². The van der Waals surface area contributed by atoms with Gasteiger partial charge in [-0.15, -0.1) is 0 Å². The lowest BCUT2D eigenvalue weighted by Crippen LogP contribution is -1.93. The molecule has 0 spiro atoms. The molecular formula is C9H10N2O. The van der Waals surface area contributed by atoms with E-state index in [4.69, 9.17) is 15.7 Å². The molecule has 0 aliphatic rings. The minimum absolute atomic E-state index is 0.129. The van der Waals surface area contributed by atoms with Gasteiger partial charge in [0.15, 0.2) is 0 Å². The van der Waals surface area contributed by atoms with Gasteiger partial charge in [0.25, 0.3) is 0 Å². The number of nitrogens with two attached hydrogens (primary N) is 1. The van der Waals surface area contributed by atoms with E-state index >= 15 is 0 Å². The summed E-state index contributed by atoms with van der Waals surface area (Å²) in [6, 6.07) is 9.29. The van der Waals surface area contributed by atoms with Crippen molar-refractivity contribution in [2.75, 3.05) is 12.3 Å². The predicted molar refractivity (Wildman–Crippen MR) is 46.1 cm³/mol. The number of nitrogens with zero attached hydrogens (tertiary/aromatic N) is 1. The van der Waals surface area contributed by atoms with Crippen molar-refractivity contribution in [1.29, 1.82) is 5.26 Å². The van der Waals surface area contributed by atoms with E-state index in [1.165, 1.54) is 0 Å². The van der Waals surface area contributed by atoms with Crippen LogP contribution in [0.15, 0.2) is 24.3 Å². The topological polar surface area (TPSA) is 59.0 Å². The highest BCUT2D eigenvalue weighted by atomic mass is 16.5. The first kappa shape index (κ1) is 8.57. The fourth-order valence-electron chi connectivity index (χ4n) is 0.828. The Hall–Kier alpha value is -1.53. The highest BCUT2D eigenvalue weighted by Crippen LogP contribution is 2.05. The quantitative estimate of drug-likeness (QED) is 0.538. The highest BCUT2D eigenvalue weighted by Gasteiger charge is 1.91. The molecule has 1 aromatic carbocycles. The molecule has 0 amide bonds. The van der Waals surface area contributed by atoms with Crippen LogP contribution in [-0.2, 0) is 11.3 Å². The molecule has 1 aromatic rings. The summed E-state index contributed by atoms with van der Waals surface area (Å²) in [6.07, 6.45) is 0. The van der Waals surface area contributed by atoms with Crippen LogP contribution < -0.4 is 5.73 Å². The molecule has 3 nitrogen and oxygen atoms in total. The zero-order valence-electron chi connectivity index (χ0n) is 6.66. The maximum Gasteiger partial charge on any atom is 0.134 e. The summed E-state index contributed by atoms with van der Waals surface area (Å²) in [5, 5.41) is 8.19. The molecule has 0 unspecified atom stereocenters. The molecule has 62 valence electrons. The maximum absolute atomic E-state index is 8.19. The number of nitrogen functional groups attached to an aromatic ring is 1. The maximum atomic E-state index is 8.19. The van der Waals surface area contributed by atoms with Gasteiger partial charge >= 0.3 is 0 Å². The first-order valence-corrected chi connectivity index (χ1v) is 3.62. The SMILES string of the molecule is N#CCOCc1ccc(N)cc1. The van der Waals surface area contributed by atoms with Crippen molar-refractivity contribution in [2.45, 2.75) is 6.61 Å². The van der Waals surface area contributed by atoms with Crippen molar-refractivity contribution in [2.24, 2.45) is 0 Å². The predicted octanol–water partition coefficient (Wildman–Crippen LogP) is 1.31. The van der Waals surface area contributed by atoms with Gasteiger partial charge in [0.2, 0.25) is 0 Å². The van der Waals surface area contributed by atoms with E-state index in [1.807, 2.05) is 30.3 Å². The van der Waals surface area contributed by atoms with Gasteiger partial charge in [-0.3, -0.25) is 0 Å². The minimum atomic E-state index is 0.129. The molecule has 0 saturated carbocycles. The Morgan fingerprint density at radius 2 is 2.00 bits per heavy atom. The number of benzene rings is 1. The van der Waals surface area contributed by atoms with Gasteiger partial charge in [0.1, 0.15) is 6.61 Å². The van der Waals surface area contributed by atoms with Gasteiger partial charge in [0.05, 0.1) is 12.7 Å². The number of anilines is 1. The Morgan fingerprint density at radius 3 is 2.58 bits per heavy atom. The fraction of sp³-hybridized carbons (Fsp3) is 0.222. The van der Waals surface area contributed by atoms with Crippen LogP contribution >= 0.6 is 0 Å². The highest BCUT2D eigenvalue weighted by molar-refractivity contribution is 5.39. The van der Waals surface area contributed by atoms with Gasteiger partial charge in [-0.2, -0.15) is 5.26 Å². The first-order chi connectivity index (χ1) is 5.83. The van der Waals surface area contributed by atoms with Crippen LogP contribution in [-0.4, -0.2) is 6.61 Å². The Labute approximate surface area is 71.4 Å². The van der Waals surface area contributed by atoms with Crippen molar-refractivity contribution >= 4 is 5.69 Å². The van der Waals surface area contributed by atoms with Crippen LogP contribution in [0.5, 0.6) is 0 Å². The average molecular weight is 162 g/mol. The Morgan fingerprint density at radius 1 is 1.33 bits per heavy atom. The second-order valence-corrected chi connectivity index (χ2v) is 2.39. The largest absolute Gasteiger partial charge is 0.399 e. The molecule has 0 aliphatic carbocycles. The zero-order chi connectivity index (χ0) is 8.81. The van der Waals surface area contributed by atoms with Crippen LogP contribution in [0.4, 0.5) is 5.69 Å². The van der Waals surface area contributed by atoms with Gasteiger partial charge in [-0.25, -0.2) is 0 Å². The number of nitriles is 1. The van der Waals surface area contributed by atoms with Gasteiger partial charge in [-0.05, 0) is 17.7 Å². The van der Waals surface area contributed by atoms with Crippen LogP contribution in [0.1, 0.15) is 5.56 Å². The van der Waals surface area contributed by atoms with Crippen LogP contribution in [0.25, 0.3) is 0 Å². The third-order valence-electron chi connectivity index (χ3n) is 1.42. The molecule has 12 heavy (non-hydrogen) atoms. The normalized spacial score (nSPS) is 9.25. The molecule has 0 aliphatic heterocycles. The van der Waals surface area contributed by atoms with Gasteiger partial charge < -0.3 is 10.5 Å². The Bertz CT molecular complexity index is 274. The van der Waals surface area contributed by atoms with E-state index in [0.29, 0.717) is 6.61 Å². The average Bonchev–Trinajstić information content (AvgIpc) is 2.09. The van der Waals surface area contributed by atoms with Crippen molar-refractivity contribution in [3.05, 3.63) is 29.8 Å². The summed E-state index contributed by atoms with van der Waals surface area (Å²) < 4.78 is 5.01. The standard InChI is InChI=1S/C9H10N2O/c10-5-6-12-7-8-1-3-9(11)4-2-8/h1-4H,6-7,11H2. The molecular weight excluding hydrogens is 152 g/mol. The number of hydrogen-bond donors (Lipinski definition) is 1. The van der Waals surface area contributed by atoms with E-state index < -0.39 is 0 Å². The van der Waals surface area contributed by atoms with Gasteiger partial charge in [-0.1, -0.05) is 12.1 Å². The second-order valence-electron chi connectivity index (χ2n) is 2.39. The molecule has 0 atom stereocenters. The lowest BCUT2D eigenvalue weighted by Gasteiger charge is -1.99. The molecule has 0 radical (unpaired) electrons. The molecule has 0 fully saturated rings. The molecule has 0 bridgehead atoms. The van der Waals surface area contributed by atoms with Crippen molar-refractivity contribution in [3.8, 4) is 6.07 Å². The van der Waals surface area contributed by atoms with Crippen LogP contribution in [0, 0.1) is 11.3 Å². The Kier molecular flexibility index (Phi) is 3.12. The van der Waals surface area contributed by atoms with E-state index in [0.717, 1.165) is 11.3 Å².